The molecule has 0 saturated carbocycles. The third kappa shape index (κ3) is 4.18. The Morgan fingerprint density at radius 2 is 2.04 bits per heavy atom. The third-order valence-electron chi connectivity index (χ3n) is 4.25. The molecule has 3 N–H and O–H groups in total. The first kappa shape index (κ1) is 17.6. The molecule has 4 nitrogen and oxygen atoms in total. The maximum atomic E-state index is 12.5. The molecule has 1 atom stereocenters. The van der Waals surface area contributed by atoms with Gasteiger partial charge in [-0.2, -0.15) is 0 Å². The van der Waals surface area contributed by atoms with Crippen LogP contribution in [-0.4, -0.2) is 23.5 Å². The van der Waals surface area contributed by atoms with E-state index in [0.717, 1.165) is 11.4 Å². The highest BCUT2D eigenvalue weighted by Crippen LogP contribution is 2.29. The molecule has 0 spiro atoms. The van der Waals surface area contributed by atoms with Crippen LogP contribution in [0.15, 0.2) is 35.7 Å². The molecule has 5 heteroatoms. The Morgan fingerprint density at radius 1 is 1.35 bits per heavy atom. The van der Waals surface area contributed by atoms with Gasteiger partial charge in [0.15, 0.2) is 0 Å². The van der Waals surface area contributed by atoms with Gasteiger partial charge in [-0.1, -0.05) is 51.1 Å². The van der Waals surface area contributed by atoms with Crippen molar-refractivity contribution in [3.05, 3.63) is 52.0 Å². The number of nitrogens with one attached hydrogen (secondary N) is 1. The van der Waals surface area contributed by atoms with Crippen molar-refractivity contribution in [1.82, 2.24) is 10.3 Å². The van der Waals surface area contributed by atoms with Crippen LogP contribution in [0.4, 0.5) is 0 Å². The molecule has 23 heavy (non-hydrogen) atoms. The van der Waals surface area contributed by atoms with Crippen LogP contribution < -0.4 is 11.1 Å². The van der Waals surface area contributed by atoms with E-state index in [4.69, 9.17) is 5.73 Å². The lowest BCUT2D eigenvalue weighted by atomic mass is 9.76. The van der Waals surface area contributed by atoms with Gasteiger partial charge in [-0.25, -0.2) is 4.98 Å². The zero-order valence-corrected chi connectivity index (χ0v) is 14.8. The SMILES string of the molecule is CCC(NC(=O)c1csc(CCN)n1)C(C)(C)c1ccccc1. The molecule has 0 fully saturated rings. The summed E-state index contributed by atoms with van der Waals surface area (Å²) < 4.78 is 0. The van der Waals surface area contributed by atoms with Crippen LogP contribution >= 0.6 is 11.3 Å². The molecule has 1 unspecified atom stereocenters. The molecule has 0 aliphatic rings. The minimum Gasteiger partial charge on any atom is -0.347 e. The molecule has 0 saturated heterocycles. The topological polar surface area (TPSA) is 68.0 Å². The Morgan fingerprint density at radius 3 is 2.65 bits per heavy atom. The second kappa shape index (κ2) is 7.70. The minimum absolute atomic E-state index is 0.0389. The van der Waals surface area contributed by atoms with Gasteiger partial charge in [0.1, 0.15) is 5.69 Å². The summed E-state index contributed by atoms with van der Waals surface area (Å²) in [4.78, 5) is 16.9. The summed E-state index contributed by atoms with van der Waals surface area (Å²) >= 11 is 1.49. The van der Waals surface area contributed by atoms with Crippen molar-refractivity contribution in [2.45, 2.75) is 45.1 Å². The zero-order valence-electron chi connectivity index (χ0n) is 14.0. The first-order chi connectivity index (χ1) is 11.0. The molecule has 0 aliphatic carbocycles. The fourth-order valence-electron chi connectivity index (χ4n) is 2.75. The van der Waals surface area contributed by atoms with E-state index in [1.807, 2.05) is 23.6 Å². The number of aromatic nitrogens is 1. The molecule has 2 aromatic rings. The number of rotatable bonds is 7. The first-order valence-corrected chi connectivity index (χ1v) is 8.87. The summed E-state index contributed by atoms with van der Waals surface area (Å²) in [5.41, 5.74) is 7.09. The van der Waals surface area contributed by atoms with E-state index in [9.17, 15) is 4.79 Å². The Labute approximate surface area is 142 Å². The molecule has 1 aromatic heterocycles. The smallest absolute Gasteiger partial charge is 0.271 e. The number of nitrogens with zero attached hydrogens (tertiary/aromatic N) is 1. The molecular weight excluding hydrogens is 306 g/mol. The Bertz CT molecular complexity index is 637. The summed E-state index contributed by atoms with van der Waals surface area (Å²) in [5, 5.41) is 5.87. The monoisotopic (exact) mass is 331 g/mol. The van der Waals surface area contributed by atoms with Crippen molar-refractivity contribution in [3.8, 4) is 0 Å². The van der Waals surface area contributed by atoms with Crippen LogP contribution in [0.25, 0.3) is 0 Å². The van der Waals surface area contributed by atoms with Gasteiger partial charge >= 0.3 is 0 Å². The van der Waals surface area contributed by atoms with Crippen molar-refractivity contribution in [1.29, 1.82) is 0 Å². The van der Waals surface area contributed by atoms with E-state index in [1.165, 1.54) is 16.9 Å². The quantitative estimate of drug-likeness (QED) is 0.819. The summed E-state index contributed by atoms with van der Waals surface area (Å²) in [6, 6.07) is 10.3. The van der Waals surface area contributed by atoms with Gasteiger partial charge in [-0.05, 0) is 18.5 Å². The van der Waals surface area contributed by atoms with E-state index in [2.05, 4.69) is 43.2 Å². The van der Waals surface area contributed by atoms with Gasteiger partial charge in [0.2, 0.25) is 0 Å². The zero-order chi connectivity index (χ0) is 16.9. The summed E-state index contributed by atoms with van der Waals surface area (Å²) in [6.07, 6.45) is 1.57. The standard InChI is InChI=1S/C18H25N3OS/c1-4-15(18(2,3)13-8-6-5-7-9-13)21-17(22)14-12-23-16(20-14)10-11-19/h5-9,12,15H,4,10-11,19H2,1-3H3,(H,21,22). The van der Waals surface area contributed by atoms with E-state index in [-0.39, 0.29) is 17.4 Å². The number of benzene rings is 1. The van der Waals surface area contributed by atoms with Gasteiger partial charge in [0.25, 0.3) is 5.91 Å². The molecule has 1 amide bonds. The predicted molar refractivity (Wildman–Crippen MR) is 95.9 cm³/mol. The molecule has 1 heterocycles. The first-order valence-electron chi connectivity index (χ1n) is 8.00. The number of carbonyl (C=O) groups is 1. The Balaban J connectivity index is 2.13. The van der Waals surface area contributed by atoms with Crippen molar-refractivity contribution in [2.24, 2.45) is 5.73 Å². The van der Waals surface area contributed by atoms with Gasteiger partial charge < -0.3 is 11.1 Å². The van der Waals surface area contributed by atoms with Crippen molar-refractivity contribution in [2.75, 3.05) is 6.54 Å². The lowest BCUT2D eigenvalue weighted by Crippen LogP contribution is -2.47. The van der Waals surface area contributed by atoms with E-state index < -0.39 is 0 Å². The number of hydrogen-bond acceptors (Lipinski definition) is 4. The van der Waals surface area contributed by atoms with Crippen LogP contribution in [0, 0.1) is 0 Å². The largest absolute Gasteiger partial charge is 0.347 e. The van der Waals surface area contributed by atoms with Gasteiger partial charge in [-0.3, -0.25) is 4.79 Å². The summed E-state index contributed by atoms with van der Waals surface area (Å²) in [5.74, 6) is -0.111. The summed E-state index contributed by atoms with van der Waals surface area (Å²) in [7, 11) is 0. The van der Waals surface area contributed by atoms with Crippen LogP contribution in [-0.2, 0) is 11.8 Å². The highest BCUT2D eigenvalue weighted by atomic mass is 32.1. The van der Waals surface area contributed by atoms with Crippen LogP contribution in [0.3, 0.4) is 0 Å². The van der Waals surface area contributed by atoms with Crippen molar-refractivity contribution < 1.29 is 4.79 Å². The normalized spacial score (nSPS) is 12.9. The van der Waals surface area contributed by atoms with Crippen LogP contribution in [0.2, 0.25) is 0 Å². The predicted octanol–water partition coefficient (Wildman–Crippen LogP) is 3.13. The molecule has 1 aromatic carbocycles. The van der Waals surface area contributed by atoms with Crippen LogP contribution in [0.1, 0.15) is 48.3 Å². The van der Waals surface area contributed by atoms with E-state index >= 15 is 0 Å². The highest BCUT2D eigenvalue weighted by molar-refractivity contribution is 7.09. The van der Waals surface area contributed by atoms with Crippen molar-refractivity contribution >= 4 is 17.2 Å². The van der Waals surface area contributed by atoms with E-state index in [1.54, 1.807) is 0 Å². The molecule has 0 aliphatic heterocycles. The molecule has 124 valence electrons. The number of carbonyl (C=O) groups excluding carboxylic acids is 1. The second-order valence-electron chi connectivity index (χ2n) is 6.19. The molecular formula is C18H25N3OS. The lowest BCUT2D eigenvalue weighted by Gasteiger charge is -2.35. The molecule has 2 rings (SSSR count). The average Bonchev–Trinajstić information content (AvgIpc) is 3.02. The third-order valence-corrected chi connectivity index (χ3v) is 5.15. The fraction of sp³-hybridized carbons (Fsp3) is 0.444. The van der Waals surface area contributed by atoms with Gasteiger partial charge in [0, 0.05) is 23.3 Å². The Hall–Kier alpha value is -1.72. The lowest BCUT2D eigenvalue weighted by molar-refractivity contribution is 0.0912. The maximum Gasteiger partial charge on any atom is 0.271 e. The highest BCUT2D eigenvalue weighted by Gasteiger charge is 2.31. The Kier molecular flexibility index (Phi) is 5.91. The molecule has 0 radical (unpaired) electrons. The fourth-order valence-corrected chi connectivity index (χ4v) is 3.54. The maximum absolute atomic E-state index is 12.5. The van der Waals surface area contributed by atoms with Crippen molar-refractivity contribution in [3.63, 3.8) is 0 Å². The number of amides is 1. The average molecular weight is 331 g/mol. The number of thiazole rings is 1. The summed E-state index contributed by atoms with van der Waals surface area (Å²) in [6.45, 7) is 6.97. The number of nitrogens with two attached hydrogens (primary N) is 1. The minimum atomic E-state index is -0.151. The molecule has 0 bridgehead atoms. The van der Waals surface area contributed by atoms with Crippen LogP contribution in [0.5, 0.6) is 0 Å². The van der Waals surface area contributed by atoms with E-state index in [0.29, 0.717) is 18.7 Å². The second-order valence-corrected chi connectivity index (χ2v) is 7.13. The van der Waals surface area contributed by atoms with Gasteiger partial charge in [-0.15, -0.1) is 11.3 Å². The van der Waals surface area contributed by atoms with Gasteiger partial charge in [0.05, 0.1) is 5.01 Å². The number of hydrogen-bond donors (Lipinski definition) is 2.